The van der Waals surface area contributed by atoms with Gasteiger partial charge in [0.15, 0.2) is 0 Å². The normalized spacial score (nSPS) is 14.5. The molecule has 0 spiro atoms. The fraction of sp³-hybridized carbons (Fsp3) is 0.100. The van der Waals surface area contributed by atoms with E-state index < -0.39 is 0 Å². The van der Waals surface area contributed by atoms with Gasteiger partial charge in [0.2, 0.25) is 0 Å². The van der Waals surface area contributed by atoms with Crippen LogP contribution in [0.25, 0.3) is 0 Å². The van der Waals surface area contributed by atoms with Gasteiger partial charge in [-0.1, -0.05) is 0 Å². The van der Waals surface area contributed by atoms with Gasteiger partial charge in [-0.15, -0.1) is 11.8 Å². The molecule has 3 heteroatoms. The van der Waals surface area contributed by atoms with Crippen molar-refractivity contribution in [1.29, 1.82) is 5.26 Å². The lowest BCUT2D eigenvalue weighted by Gasteiger charge is -2.13. The Bertz CT molecular complexity index is 362. The highest BCUT2D eigenvalue weighted by molar-refractivity contribution is 8.02. The van der Waals surface area contributed by atoms with Gasteiger partial charge in [-0.05, 0) is 29.7 Å². The lowest BCUT2D eigenvalue weighted by Crippen LogP contribution is -2.10. The van der Waals surface area contributed by atoms with E-state index >= 15 is 0 Å². The predicted molar refractivity (Wildman–Crippen MR) is 55.2 cm³/mol. The molecule has 64 valence electrons. The SMILES string of the molecule is N#Cc1ccc(N2C=CSC2)cc1. The molecule has 0 unspecified atom stereocenters. The zero-order chi connectivity index (χ0) is 9.10. The molecule has 0 atom stereocenters. The van der Waals surface area contributed by atoms with Crippen LogP contribution in [0.3, 0.4) is 0 Å². The summed E-state index contributed by atoms with van der Waals surface area (Å²) in [5.74, 6) is 0.964. The van der Waals surface area contributed by atoms with Crippen LogP contribution in [0.2, 0.25) is 0 Å². The number of nitriles is 1. The van der Waals surface area contributed by atoms with Gasteiger partial charge in [-0.2, -0.15) is 5.26 Å². The number of nitrogens with zero attached hydrogens (tertiary/aromatic N) is 2. The molecular weight excluding hydrogens is 180 g/mol. The highest BCUT2D eigenvalue weighted by Gasteiger charge is 2.06. The molecule has 0 aromatic heterocycles. The molecule has 0 saturated heterocycles. The Morgan fingerprint density at radius 3 is 2.62 bits per heavy atom. The maximum atomic E-state index is 8.61. The van der Waals surface area contributed by atoms with Crippen molar-refractivity contribution >= 4 is 17.4 Å². The summed E-state index contributed by atoms with van der Waals surface area (Å²) in [6.45, 7) is 0. The van der Waals surface area contributed by atoms with Gasteiger partial charge in [0.25, 0.3) is 0 Å². The quantitative estimate of drug-likeness (QED) is 0.677. The Hall–Kier alpha value is -1.40. The summed E-state index contributed by atoms with van der Waals surface area (Å²) in [5.41, 5.74) is 1.85. The van der Waals surface area contributed by atoms with Crippen molar-refractivity contribution in [3.8, 4) is 6.07 Å². The van der Waals surface area contributed by atoms with Crippen LogP contribution in [0.4, 0.5) is 5.69 Å². The average molecular weight is 188 g/mol. The molecule has 13 heavy (non-hydrogen) atoms. The van der Waals surface area contributed by atoms with E-state index in [0.29, 0.717) is 5.56 Å². The molecule has 0 N–H and O–H groups in total. The zero-order valence-electron chi connectivity index (χ0n) is 6.97. The lowest BCUT2D eigenvalue weighted by molar-refractivity contribution is 1.19. The van der Waals surface area contributed by atoms with Gasteiger partial charge in [0, 0.05) is 11.9 Å². The van der Waals surface area contributed by atoms with Crippen LogP contribution in [0.1, 0.15) is 5.56 Å². The third kappa shape index (κ3) is 1.68. The first-order chi connectivity index (χ1) is 6.40. The minimum Gasteiger partial charge on any atom is -0.337 e. The number of rotatable bonds is 1. The standard InChI is InChI=1S/C10H8N2S/c11-7-9-1-3-10(4-2-9)12-5-6-13-8-12/h1-6H,8H2. The minimum atomic E-state index is 0.708. The molecule has 2 nitrogen and oxygen atoms in total. The van der Waals surface area contributed by atoms with E-state index in [2.05, 4.69) is 16.4 Å². The summed E-state index contributed by atoms with van der Waals surface area (Å²) in [6, 6.07) is 9.72. The molecule has 1 aromatic carbocycles. The van der Waals surface area contributed by atoms with Gasteiger partial charge < -0.3 is 4.90 Å². The Kier molecular flexibility index (Phi) is 2.24. The fourth-order valence-electron chi connectivity index (χ4n) is 1.17. The first-order valence-corrected chi connectivity index (χ1v) is 5.00. The van der Waals surface area contributed by atoms with Gasteiger partial charge >= 0.3 is 0 Å². The molecule has 0 radical (unpaired) electrons. The zero-order valence-corrected chi connectivity index (χ0v) is 7.79. The Morgan fingerprint density at radius 1 is 1.31 bits per heavy atom. The van der Waals surface area contributed by atoms with Gasteiger partial charge in [-0.3, -0.25) is 0 Å². The highest BCUT2D eigenvalue weighted by atomic mass is 32.2. The fourth-order valence-corrected chi connectivity index (χ4v) is 1.89. The van der Waals surface area contributed by atoms with Crippen molar-refractivity contribution in [2.45, 2.75) is 0 Å². The third-order valence-corrected chi connectivity index (χ3v) is 2.62. The summed E-state index contributed by atoms with van der Waals surface area (Å²) < 4.78 is 0. The highest BCUT2D eigenvalue weighted by Crippen LogP contribution is 2.23. The van der Waals surface area contributed by atoms with Crippen molar-refractivity contribution in [1.82, 2.24) is 0 Å². The molecule has 0 saturated carbocycles. The molecule has 0 aliphatic carbocycles. The van der Waals surface area contributed by atoms with E-state index in [4.69, 9.17) is 5.26 Å². The van der Waals surface area contributed by atoms with E-state index in [1.807, 2.05) is 30.5 Å². The number of thioether (sulfide) groups is 1. The van der Waals surface area contributed by atoms with Crippen LogP contribution in [-0.4, -0.2) is 5.88 Å². The molecule has 1 heterocycles. The summed E-state index contributed by atoms with van der Waals surface area (Å²) >= 11 is 1.77. The summed E-state index contributed by atoms with van der Waals surface area (Å²) in [4.78, 5) is 2.14. The van der Waals surface area contributed by atoms with E-state index in [1.54, 1.807) is 11.8 Å². The Morgan fingerprint density at radius 2 is 2.08 bits per heavy atom. The predicted octanol–water partition coefficient (Wildman–Crippen LogP) is 2.54. The summed E-state index contributed by atoms with van der Waals surface area (Å²) in [7, 11) is 0. The van der Waals surface area contributed by atoms with Gasteiger partial charge in [0.1, 0.15) is 0 Å². The van der Waals surface area contributed by atoms with Crippen LogP contribution in [0.5, 0.6) is 0 Å². The third-order valence-electron chi connectivity index (χ3n) is 1.88. The van der Waals surface area contributed by atoms with Crippen molar-refractivity contribution in [2.24, 2.45) is 0 Å². The lowest BCUT2D eigenvalue weighted by atomic mass is 10.2. The van der Waals surface area contributed by atoms with Crippen molar-refractivity contribution in [2.75, 3.05) is 10.8 Å². The van der Waals surface area contributed by atoms with Crippen LogP contribution in [-0.2, 0) is 0 Å². The molecule has 0 fully saturated rings. The van der Waals surface area contributed by atoms with Crippen LogP contribution in [0, 0.1) is 11.3 Å². The molecule has 0 amide bonds. The summed E-state index contributed by atoms with van der Waals surface area (Å²) in [5, 5.41) is 10.7. The Balaban J connectivity index is 2.23. The Labute approximate surface area is 81.5 Å². The van der Waals surface area contributed by atoms with E-state index in [-0.39, 0.29) is 0 Å². The number of benzene rings is 1. The monoisotopic (exact) mass is 188 g/mol. The smallest absolute Gasteiger partial charge is 0.0991 e. The number of hydrogen-bond acceptors (Lipinski definition) is 3. The maximum Gasteiger partial charge on any atom is 0.0991 e. The van der Waals surface area contributed by atoms with Crippen LogP contribution >= 0.6 is 11.8 Å². The number of anilines is 1. The number of hydrogen-bond donors (Lipinski definition) is 0. The average Bonchev–Trinajstić information content (AvgIpc) is 2.71. The second-order valence-electron chi connectivity index (χ2n) is 2.71. The molecule has 1 aliphatic rings. The van der Waals surface area contributed by atoms with E-state index in [1.165, 1.54) is 0 Å². The topological polar surface area (TPSA) is 27.0 Å². The van der Waals surface area contributed by atoms with Crippen LogP contribution in [0.15, 0.2) is 35.9 Å². The van der Waals surface area contributed by atoms with E-state index in [9.17, 15) is 0 Å². The summed E-state index contributed by atoms with van der Waals surface area (Å²) in [6.07, 6.45) is 2.05. The molecule has 2 rings (SSSR count). The maximum absolute atomic E-state index is 8.61. The van der Waals surface area contributed by atoms with Gasteiger partial charge in [-0.25, -0.2) is 0 Å². The second kappa shape index (κ2) is 3.55. The molecule has 0 bridgehead atoms. The van der Waals surface area contributed by atoms with Crippen LogP contribution < -0.4 is 4.90 Å². The minimum absolute atomic E-state index is 0.708. The molecule has 1 aromatic rings. The first-order valence-electron chi connectivity index (χ1n) is 3.95. The molecular formula is C10H8N2S. The molecule has 1 aliphatic heterocycles. The first kappa shape index (κ1) is 8.21. The van der Waals surface area contributed by atoms with Crippen molar-refractivity contribution in [3.05, 3.63) is 41.4 Å². The van der Waals surface area contributed by atoms with Crippen molar-refractivity contribution < 1.29 is 0 Å². The second-order valence-corrected chi connectivity index (χ2v) is 3.57. The van der Waals surface area contributed by atoms with Gasteiger partial charge in [0.05, 0.1) is 17.5 Å². The van der Waals surface area contributed by atoms with Crippen molar-refractivity contribution in [3.63, 3.8) is 0 Å². The van der Waals surface area contributed by atoms with E-state index in [0.717, 1.165) is 11.6 Å². The largest absolute Gasteiger partial charge is 0.337 e.